The molecule has 0 radical (unpaired) electrons. The first-order valence-corrected chi connectivity index (χ1v) is 8.11. The van der Waals surface area contributed by atoms with E-state index >= 15 is 0 Å². The first-order chi connectivity index (χ1) is 10.6. The van der Waals surface area contributed by atoms with Crippen molar-refractivity contribution < 1.29 is 9.59 Å². The molecule has 0 bridgehead atoms. The molecule has 1 saturated heterocycles. The second-order valence-corrected chi connectivity index (χ2v) is 7.87. The lowest BCUT2D eigenvalue weighted by atomic mass is 9.79. The monoisotopic (exact) mass is 373 g/mol. The van der Waals surface area contributed by atoms with Crippen molar-refractivity contribution >= 4 is 41.5 Å². The average molecular weight is 374 g/mol. The minimum atomic E-state index is -0.665. The normalized spacial score (nSPS) is 19.0. The summed E-state index contributed by atoms with van der Waals surface area (Å²) in [4.78, 5) is 24.2. The van der Waals surface area contributed by atoms with Crippen LogP contribution >= 0.6 is 24.0 Å². The number of hydrogen-bond donors (Lipinski definition) is 3. The fourth-order valence-electron chi connectivity index (χ4n) is 3.40. The second-order valence-electron chi connectivity index (χ2n) is 7.43. The van der Waals surface area contributed by atoms with E-state index in [-0.39, 0.29) is 29.5 Å². The number of piperidine rings is 1. The highest BCUT2D eigenvalue weighted by atomic mass is 35.5. The summed E-state index contributed by atoms with van der Waals surface area (Å²) < 4.78 is 0. The third kappa shape index (κ3) is 5.96. The maximum absolute atomic E-state index is 12.1. The zero-order chi connectivity index (χ0) is 17.3. The molecule has 0 aliphatic carbocycles. The number of rotatable bonds is 2. The van der Waals surface area contributed by atoms with E-state index in [0.29, 0.717) is 10.7 Å². The van der Waals surface area contributed by atoms with Gasteiger partial charge in [-0.15, -0.1) is 12.4 Å². The highest BCUT2D eigenvalue weighted by molar-refractivity contribution is 6.39. The number of amides is 2. The van der Waals surface area contributed by atoms with Crippen LogP contribution in [0.15, 0.2) is 24.3 Å². The number of benzene rings is 1. The lowest BCUT2D eigenvalue weighted by molar-refractivity contribution is -0.137. The van der Waals surface area contributed by atoms with Crippen molar-refractivity contribution in [1.29, 1.82) is 0 Å². The van der Waals surface area contributed by atoms with Crippen LogP contribution in [-0.4, -0.2) is 28.9 Å². The Balaban J connectivity index is 0.00000288. The Hall–Kier alpha value is -1.30. The van der Waals surface area contributed by atoms with Gasteiger partial charge in [-0.25, -0.2) is 0 Å². The maximum atomic E-state index is 12.1. The summed E-state index contributed by atoms with van der Waals surface area (Å²) in [6.07, 6.45) is 1.55. The Labute approximate surface area is 154 Å². The van der Waals surface area contributed by atoms with Crippen molar-refractivity contribution in [2.45, 2.75) is 57.7 Å². The molecule has 1 heterocycles. The van der Waals surface area contributed by atoms with Gasteiger partial charge in [-0.3, -0.25) is 9.59 Å². The lowest BCUT2D eigenvalue weighted by Crippen LogP contribution is -2.62. The molecule has 2 rings (SSSR count). The second kappa shape index (κ2) is 7.72. The van der Waals surface area contributed by atoms with E-state index in [4.69, 9.17) is 11.6 Å². The molecule has 1 aliphatic rings. The molecule has 134 valence electrons. The molecule has 0 atom stereocenters. The Kier molecular flexibility index (Phi) is 6.67. The predicted octanol–water partition coefficient (Wildman–Crippen LogP) is 3.13. The topological polar surface area (TPSA) is 70.2 Å². The van der Waals surface area contributed by atoms with Crippen molar-refractivity contribution in [3.63, 3.8) is 0 Å². The number of halogens is 2. The van der Waals surface area contributed by atoms with E-state index in [1.54, 1.807) is 24.3 Å². The molecule has 24 heavy (non-hydrogen) atoms. The van der Waals surface area contributed by atoms with E-state index in [1.165, 1.54) is 0 Å². The smallest absolute Gasteiger partial charge is 0.313 e. The van der Waals surface area contributed by atoms with E-state index in [0.717, 1.165) is 12.8 Å². The van der Waals surface area contributed by atoms with E-state index in [2.05, 4.69) is 43.6 Å². The molecule has 1 fully saturated rings. The first-order valence-electron chi connectivity index (χ1n) is 7.73. The fourth-order valence-corrected chi connectivity index (χ4v) is 3.52. The minimum Gasteiger partial charge on any atom is -0.345 e. The van der Waals surface area contributed by atoms with Gasteiger partial charge in [-0.1, -0.05) is 11.6 Å². The molecule has 0 spiro atoms. The van der Waals surface area contributed by atoms with Gasteiger partial charge in [-0.2, -0.15) is 0 Å². The number of carbonyl (C=O) groups is 2. The average Bonchev–Trinajstić information content (AvgIpc) is 2.37. The van der Waals surface area contributed by atoms with Gasteiger partial charge in [0.2, 0.25) is 0 Å². The van der Waals surface area contributed by atoms with Crippen LogP contribution in [-0.2, 0) is 9.59 Å². The molecule has 7 heteroatoms. The van der Waals surface area contributed by atoms with Gasteiger partial charge in [0.15, 0.2) is 0 Å². The van der Waals surface area contributed by atoms with Crippen molar-refractivity contribution in [3.05, 3.63) is 29.3 Å². The number of carbonyl (C=O) groups excluding carboxylic acids is 2. The van der Waals surface area contributed by atoms with Gasteiger partial charge < -0.3 is 16.0 Å². The Morgan fingerprint density at radius 1 is 1.04 bits per heavy atom. The van der Waals surface area contributed by atoms with Gasteiger partial charge in [0.05, 0.1) is 0 Å². The molecule has 1 aliphatic heterocycles. The molecule has 0 saturated carbocycles. The van der Waals surface area contributed by atoms with Crippen LogP contribution in [0.5, 0.6) is 0 Å². The van der Waals surface area contributed by atoms with Crippen molar-refractivity contribution in [2.24, 2.45) is 0 Å². The van der Waals surface area contributed by atoms with Crippen molar-refractivity contribution in [2.75, 3.05) is 5.32 Å². The van der Waals surface area contributed by atoms with Gasteiger partial charge >= 0.3 is 11.8 Å². The van der Waals surface area contributed by atoms with Crippen LogP contribution in [0.1, 0.15) is 40.5 Å². The van der Waals surface area contributed by atoms with E-state index in [9.17, 15) is 9.59 Å². The van der Waals surface area contributed by atoms with Crippen molar-refractivity contribution in [3.8, 4) is 0 Å². The Morgan fingerprint density at radius 3 is 2.04 bits per heavy atom. The predicted molar refractivity (Wildman–Crippen MR) is 99.8 cm³/mol. The van der Waals surface area contributed by atoms with Crippen LogP contribution in [0, 0.1) is 0 Å². The van der Waals surface area contributed by atoms with E-state index in [1.807, 2.05) is 0 Å². The van der Waals surface area contributed by atoms with Crippen LogP contribution in [0.4, 0.5) is 5.69 Å². The highest BCUT2D eigenvalue weighted by Gasteiger charge is 2.38. The summed E-state index contributed by atoms with van der Waals surface area (Å²) in [7, 11) is 0. The standard InChI is InChI=1S/C17H24ClN3O2.ClH/c1-16(2)9-13(10-17(3,4)21-16)20-15(23)14(22)19-12-7-5-11(18)6-8-12;/h5-8,13,21H,9-10H2,1-4H3,(H,19,22)(H,20,23);1H. The summed E-state index contributed by atoms with van der Waals surface area (Å²) in [5, 5.41) is 9.54. The summed E-state index contributed by atoms with van der Waals surface area (Å²) in [5.41, 5.74) is 0.360. The number of nitrogens with one attached hydrogen (secondary N) is 3. The summed E-state index contributed by atoms with van der Waals surface area (Å²) in [5.74, 6) is -1.28. The van der Waals surface area contributed by atoms with E-state index < -0.39 is 11.8 Å². The van der Waals surface area contributed by atoms with Gasteiger partial charge in [0.25, 0.3) is 0 Å². The fraction of sp³-hybridized carbons (Fsp3) is 0.529. The maximum Gasteiger partial charge on any atom is 0.313 e. The molecule has 0 unspecified atom stereocenters. The third-order valence-electron chi connectivity index (χ3n) is 3.83. The summed E-state index contributed by atoms with van der Waals surface area (Å²) in [6, 6.07) is 6.60. The third-order valence-corrected chi connectivity index (χ3v) is 4.09. The first kappa shape index (κ1) is 20.7. The molecule has 1 aromatic rings. The lowest BCUT2D eigenvalue weighted by Gasteiger charge is -2.46. The minimum absolute atomic E-state index is 0. The molecule has 2 amide bonds. The summed E-state index contributed by atoms with van der Waals surface area (Å²) in [6.45, 7) is 8.39. The van der Waals surface area contributed by atoms with Crippen LogP contribution < -0.4 is 16.0 Å². The van der Waals surface area contributed by atoms with Crippen LogP contribution in [0.2, 0.25) is 5.02 Å². The quantitative estimate of drug-likeness (QED) is 0.697. The van der Waals surface area contributed by atoms with Crippen LogP contribution in [0.25, 0.3) is 0 Å². The molecule has 0 aromatic heterocycles. The molecule has 1 aromatic carbocycles. The Morgan fingerprint density at radius 2 is 1.54 bits per heavy atom. The molecule has 3 N–H and O–H groups in total. The number of hydrogen-bond acceptors (Lipinski definition) is 3. The molecule has 5 nitrogen and oxygen atoms in total. The highest BCUT2D eigenvalue weighted by Crippen LogP contribution is 2.28. The van der Waals surface area contributed by atoms with Gasteiger partial charge in [-0.05, 0) is 64.8 Å². The van der Waals surface area contributed by atoms with Crippen LogP contribution in [0.3, 0.4) is 0 Å². The zero-order valence-electron chi connectivity index (χ0n) is 14.4. The molecular weight excluding hydrogens is 349 g/mol. The molecular formula is C17H25Cl2N3O2. The largest absolute Gasteiger partial charge is 0.345 e. The Bertz CT molecular complexity index is 584. The van der Waals surface area contributed by atoms with Crippen molar-refractivity contribution in [1.82, 2.24) is 10.6 Å². The summed E-state index contributed by atoms with van der Waals surface area (Å²) >= 11 is 5.80. The van der Waals surface area contributed by atoms with Gasteiger partial charge in [0.1, 0.15) is 0 Å². The zero-order valence-corrected chi connectivity index (χ0v) is 16.0. The number of anilines is 1. The van der Waals surface area contributed by atoms with Gasteiger partial charge in [0, 0.05) is 27.8 Å². The SMILES string of the molecule is CC1(C)CC(NC(=O)C(=O)Nc2ccc(Cl)cc2)CC(C)(C)N1.Cl.